The Labute approximate surface area is 170 Å². The van der Waals surface area contributed by atoms with Crippen molar-refractivity contribution >= 4 is 29.3 Å². The van der Waals surface area contributed by atoms with Gasteiger partial charge in [-0.3, -0.25) is 4.79 Å². The molecule has 5 heteroatoms. The van der Waals surface area contributed by atoms with Crippen molar-refractivity contribution in [3.63, 3.8) is 0 Å². The van der Waals surface area contributed by atoms with E-state index in [4.69, 9.17) is 16.3 Å². The Kier molecular flexibility index (Phi) is 7.91. The van der Waals surface area contributed by atoms with E-state index in [9.17, 15) is 4.79 Å². The van der Waals surface area contributed by atoms with Gasteiger partial charge < -0.3 is 10.1 Å². The summed E-state index contributed by atoms with van der Waals surface area (Å²) in [6.07, 6.45) is 6.75. The van der Waals surface area contributed by atoms with Crippen LogP contribution in [0.15, 0.2) is 48.5 Å². The fraction of sp³-hybridized carbons (Fsp3) is 0.409. The lowest BCUT2D eigenvalue weighted by Gasteiger charge is -2.20. The first-order valence-corrected chi connectivity index (χ1v) is 11.0. The second-order valence-corrected chi connectivity index (χ2v) is 8.61. The lowest BCUT2D eigenvalue weighted by Crippen LogP contribution is -2.26. The van der Waals surface area contributed by atoms with E-state index in [1.54, 1.807) is 12.1 Å². The molecule has 2 aromatic rings. The molecule has 144 valence electrons. The Bertz CT molecular complexity index is 729. The highest BCUT2D eigenvalue weighted by Gasteiger charge is 2.13. The van der Waals surface area contributed by atoms with Crippen LogP contribution in [0.25, 0.3) is 0 Å². The second-order valence-electron chi connectivity index (χ2n) is 6.79. The van der Waals surface area contributed by atoms with Crippen LogP contribution in [0.4, 0.5) is 0 Å². The molecular formula is C22H26ClNO2S. The number of hydrogen-bond acceptors (Lipinski definition) is 3. The van der Waals surface area contributed by atoms with Crippen LogP contribution in [0.2, 0.25) is 5.02 Å². The molecule has 0 aliphatic heterocycles. The molecule has 3 rings (SSSR count). The number of amides is 1. The Morgan fingerprint density at radius 1 is 1.07 bits per heavy atom. The van der Waals surface area contributed by atoms with Gasteiger partial charge in [0.2, 0.25) is 0 Å². The number of halogens is 1. The van der Waals surface area contributed by atoms with Gasteiger partial charge in [0, 0.05) is 33.7 Å². The van der Waals surface area contributed by atoms with Crippen LogP contribution in [-0.2, 0) is 6.61 Å². The third-order valence-electron chi connectivity index (χ3n) is 4.76. The zero-order chi connectivity index (χ0) is 18.9. The number of benzene rings is 2. The fourth-order valence-electron chi connectivity index (χ4n) is 3.20. The molecule has 3 nitrogen and oxygen atoms in total. The topological polar surface area (TPSA) is 38.3 Å². The predicted octanol–water partition coefficient (Wildman–Crippen LogP) is 5.71. The maximum Gasteiger partial charge on any atom is 0.251 e. The Morgan fingerprint density at radius 2 is 1.81 bits per heavy atom. The largest absolute Gasteiger partial charge is 0.489 e. The van der Waals surface area contributed by atoms with Crippen LogP contribution in [0.5, 0.6) is 5.75 Å². The standard InChI is InChI=1S/C22H26ClNO2S/c23-21-9-5-4-6-18(21)16-26-19-12-10-17(11-13-19)22(25)24-14-15-27-20-7-2-1-3-8-20/h4-6,9-13,20H,1-3,7-8,14-16H2,(H,24,25). The molecular weight excluding hydrogens is 378 g/mol. The molecule has 0 unspecified atom stereocenters. The van der Waals surface area contributed by atoms with E-state index in [0.29, 0.717) is 23.7 Å². The molecule has 0 saturated heterocycles. The van der Waals surface area contributed by atoms with E-state index in [2.05, 4.69) is 5.32 Å². The summed E-state index contributed by atoms with van der Waals surface area (Å²) in [7, 11) is 0. The minimum Gasteiger partial charge on any atom is -0.489 e. The summed E-state index contributed by atoms with van der Waals surface area (Å²) in [6, 6.07) is 14.9. The van der Waals surface area contributed by atoms with Gasteiger partial charge in [0.1, 0.15) is 12.4 Å². The van der Waals surface area contributed by atoms with Gasteiger partial charge in [0.05, 0.1) is 0 Å². The summed E-state index contributed by atoms with van der Waals surface area (Å²) < 4.78 is 5.75. The molecule has 27 heavy (non-hydrogen) atoms. The molecule has 0 atom stereocenters. The number of rotatable bonds is 8. The van der Waals surface area contributed by atoms with E-state index in [0.717, 1.165) is 22.3 Å². The molecule has 1 saturated carbocycles. The molecule has 1 amide bonds. The van der Waals surface area contributed by atoms with Crippen molar-refractivity contribution in [3.8, 4) is 5.75 Å². The predicted molar refractivity (Wildman–Crippen MR) is 114 cm³/mol. The number of carbonyl (C=O) groups excluding carboxylic acids is 1. The minimum atomic E-state index is -0.0307. The molecule has 0 heterocycles. The Balaban J connectivity index is 1.39. The van der Waals surface area contributed by atoms with E-state index >= 15 is 0 Å². The number of thioether (sulfide) groups is 1. The van der Waals surface area contributed by atoms with Crippen LogP contribution in [0.3, 0.4) is 0 Å². The van der Waals surface area contributed by atoms with Crippen molar-refractivity contribution in [2.75, 3.05) is 12.3 Å². The average molecular weight is 404 g/mol. The van der Waals surface area contributed by atoms with Crippen molar-refractivity contribution in [1.29, 1.82) is 0 Å². The number of carbonyl (C=O) groups is 1. The van der Waals surface area contributed by atoms with Crippen LogP contribution >= 0.6 is 23.4 Å². The van der Waals surface area contributed by atoms with E-state index < -0.39 is 0 Å². The van der Waals surface area contributed by atoms with Gasteiger partial charge in [-0.05, 0) is 43.2 Å². The van der Waals surface area contributed by atoms with Crippen molar-refractivity contribution in [2.45, 2.75) is 44.0 Å². The number of ether oxygens (including phenoxy) is 1. The maximum absolute atomic E-state index is 12.3. The molecule has 0 aromatic heterocycles. The third-order valence-corrected chi connectivity index (χ3v) is 6.51. The molecule has 1 aliphatic carbocycles. The van der Waals surface area contributed by atoms with Crippen molar-refractivity contribution in [2.24, 2.45) is 0 Å². The summed E-state index contributed by atoms with van der Waals surface area (Å²) in [6.45, 7) is 1.12. The summed E-state index contributed by atoms with van der Waals surface area (Å²) in [5.74, 6) is 1.67. The highest BCUT2D eigenvalue weighted by molar-refractivity contribution is 7.99. The quantitative estimate of drug-likeness (QED) is 0.573. The van der Waals surface area contributed by atoms with Crippen molar-refractivity contribution in [1.82, 2.24) is 5.32 Å². The van der Waals surface area contributed by atoms with Gasteiger partial charge in [0.25, 0.3) is 5.91 Å². The molecule has 0 bridgehead atoms. The van der Waals surface area contributed by atoms with Crippen LogP contribution in [0.1, 0.15) is 48.0 Å². The van der Waals surface area contributed by atoms with Gasteiger partial charge >= 0.3 is 0 Å². The Morgan fingerprint density at radius 3 is 2.56 bits per heavy atom. The van der Waals surface area contributed by atoms with Crippen LogP contribution in [0, 0.1) is 0 Å². The zero-order valence-electron chi connectivity index (χ0n) is 15.5. The second kappa shape index (κ2) is 10.6. The van der Waals surface area contributed by atoms with Gasteiger partial charge in [0.15, 0.2) is 0 Å². The zero-order valence-corrected chi connectivity index (χ0v) is 17.0. The lowest BCUT2D eigenvalue weighted by atomic mass is 10.0. The first-order chi connectivity index (χ1) is 13.2. The molecule has 1 fully saturated rings. The van der Waals surface area contributed by atoms with E-state index in [1.165, 1.54) is 32.1 Å². The SMILES string of the molecule is O=C(NCCSC1CCCCC1)c1ccc(OCc2ccccc2Cl)cc1. The summed E-state index contributed by atoms with van der Waals surface area (Å²) in [5, 5.41) is 4.48. The first-order valence-electron chi connectivity index (χ1n) is 9.58. The Hall–Kier alpha value is -1.65. The van der Waals surface area contributed by atoms with Crippen LogP contribution < -0.4 is 10.1 Å². The normalized spacial score (nSPS) is 14.7. The molecule has 0 spiro atoms. The lowest BCUT2D eigenvalue weighted by molar-refractivity contribution is 0.0956. The molecule has 0 radical (unpaired) electrons. The van der Waals surface area contributed by atoms with Gasteiger partial charge in [-0.2, -0.15) is 11.8 Å². The van der Waals surface area contributed by atoms with Gasteiger partial charge in [-0.15, -0.1) is 0 Å². The summed E-state index contributed by atoms with van der Waals surface area (Å²) >= 11 is 8.13. The van der Waals surface area contributed by atoms with Crippen molar-refractivity contribution in [3.05, 3.63) is 64.7 Å². The third kappa shape index (κ3) is 6.47. The minimum absolute atomic E-state index is 0.0307. The van der Waals surface area contributed by atoms with Gasteiger partial charge in [-0.1, -0.05) is 49.1 Å². The van der Waals surface area contributed by atoms with Crippen LogP contribution in [-0.4, -0.2) is 23.5 Å². The van der Waals surface area contributed by atoms with E-state index in [-0.39, 0.29) is 5.91 Å². The fourth-order valence-corrected chi connectivity index (χ4v) is 4.61. The highest BCUT2D eigenvalue weighted by Crippen LogP contribution is 2.27. The van der Waals surface area contributed by atoms with Gasteiger partial charge in [-0.25, -0.2) is 0 Å². The van der Waals surface area contributed by atoms with Crippen molar-refractivity contribution < 1.29 is 9.53 Å². The monoisotopic (exact) mass is 403 g/mol. The summed E-state index contributed by atoms with van der Waals surface area (Å²) in [5.41, 5.74) is 1.60. The smallest absolute Gasteiger partial charge is 0.251 e. The average Bonchev–Trinajstić information content (AvgIpc) is 2.72. The maximum atomic E-state index is 12.3. The number of nitrogens with one attached hydrogen (secondary N) is 1. The van der Waals surface area contributed by atoms with E-state index in [1.807, 2.05) is 48.2 Å². The number of hydrogen-bond donors (Lipinski definition) is 1. The summed E-state index contributed by atoms with van der Waals surface area (Å²) in [4.78, 5) is 12.3. The molecule has 1 aliphatic rings. The molecule has 2 aromatic carbocycles. The highest BCUT2D eigenvalue weighted by atomic mass is 35.5. The first kappa shape index (κ1) is 20.1. The molecule has 1 N–H and O–H groups in total.